The Balaban J connectivity index is 0.00000320. The van der Waals surface area contributed by atoms with Gasteiger partial charge in [-0.15, -0.1) is 24.0 Å². The molecule has 166 valence electrons. The number of aromatic nitrogens is 1. The average molecular weight is 548 g/mol. The average Bonchev–Trinajstić information content (AvgIpc) is 3.26. The number of furan rings is 1. The van der Waals surface area contributed by atoms with Gasteiger partial charge in [-0.1, -0.05) is 11.6 Å². The molecular formula is C21H31ClIN5O2. The first-order chi connectivity index (χ1) is 14.3. The molecule has 0 aromatic carbocycles. The molecule has 0 saturated carbocycles. The van der Waals surface area contributed by atoms with Crippen LogP contribution in [0, 0.1) is 0 Å². The van der Waals surface area contributed by atoms with Crippen LogP contribution in [0.15, 0.2) is 46.3 Å². The molecule has 0 amide bonds. The number of halogens is 2. The fourth-order valence-corrected chi connectivity index (χ4v) is 3.54. The highest BCUT2D eigenvalue weighted by atomic mass is 127. The second-order valence-electron chi connectivity index (χ2n) is 6.81. The molecule has 1 N–H and O–H groups in total. The maximum atomic E-state index is 6.31. The molecule has 2 aromatic rings. The second-order valence-corrected chi connectivity index (χ2v) is 7.22. The number of nitrogens with zero attached hydrogens (tertiary/aromatic N) is 4. The van der Waals surface area contributed by atoms with Crippen molar-refractivity contribution in [3.05, 3.63) is 47.6 Å². The number of piperazine rings is 1. The zero-order chi connectivity index (χ0) is 20.3. The molecule has 7 nitrogen and oxygen atoms in total. The van der Waals surface area contributed by atoms with E-state index in [1.165, 1.54) is 0 Å². The van der Waals surface area contributed by atoms with E-state index in [1.54, 1.807) is 18.7 Å². The molecule has 1 aliphatic rings. The fraction of sp³-hybridized carbons (Fsp3) is 0.524. The maximum absolute atomic E-state index is 6.31. The third-order valence-electron chi connectivity index (χ3n) is 4.82. The van der Waals surface area contributed by atoms with Gasteiger partial charge in [-0.2, -0.15) is 0 Å². The summed E-state index contributed by atoms with van der Waals surface area (Å²) in [7, 11) is 0. The number of hydrogen-bond acceptors (Lipinski definition) is 5. The number of rotatable bonds is 9. The van der Waals surface area contributed by atoms with E-state index in [0.717, 1.165) is 82.7 Å². The normalized spacial score (nSPS) is 14.5. The molecule has 0 radical (unpaired) electrons. The van der Waals surface area contributed by atoms with Gasteiger partial charge >= 0.3 is 0 Å². The largest absolute Gasteiger partial charge is 0.469 e. The Morgan fingerprint density at radius 1 is 1.30 bits per heavy atom. The van der Waals surface area contributed by atoms with Crippen LogP contribution in [0.1, 0.15) is 19.1 Å². The van der Waals surface area contributed by atoms with E-state index in [0.29, 0.717) is 5.02 Å². The van der Waals surface area contributed by atoms with Crippen LogP contribution in [0.25, 0.3) is 0 Å². The highest BCUT2D eigenvalue weighted by Gasteiger charge is 2.21. The van der Waals surface area contributed by atoms with Gasteiger partial charge in [-0.25, -0.2) is 0 Å². The molecule has 0 unspecified atom stereocenters. The first kappa shape index (κ1) is 24.7. The molecule has 3 rings (SSSR count). The molecule has 9 heteroatoms. The Kier molecular flexibility index (Phi) is 11.3. The van der Waals surface area contributed by atoms with Crippen LogP contribution in [0.2, 0.25) is 5.02 Å². The number of ether oxygens (including phenoxy) is 1. The van der Waals surface area contributed by atoms with Crippen LogP contribution in [0.3, 0.4) is 0 Å². The Hall–Kier alpha value is -1.52. The lowest BCUT2D eigenvalue weighted by molar-refractivity contribution is 0.146. The van der Waals surface area contributed by atoms with Crippen molar-refractivity contribution < 1.29 is 9.15 Å². The van der Waals surface area contributed by atoms with Gasteiger partial charge in [0.05, 0.1) is 17.0 Å². The molecule has 1 aliphatic heterocycles. The minimum atomic E-state index is 0. The predicted octanol–water partition coefficient (Wildman–Crippen LogP) is 3.68. The van der Waals surface area contributed by atoms with E-state index >= 15 is 0 Å². The van der Waals surface area contributed by atoms with Gasteiger partial charge < -0.3 is 24.3 Å². The second kappa shape index (κ2) is 13.7. The van der Waals surface area contributed by atoms with E-state index in [4.69, 9.17) is 25.7 Å². The summed E-state index contributed by atoms with van der Waals surface area (Å²) >= 11 is 6.31. The highest BCUT2D eigenvalue weighted by Crippen LogP contribution is 2.25. The van der Waals surface area contributed by atoms with E-state index in [9.17, 15) is 0 Å². The molecule has 0 spiro atoms. The van der Waals surface area contributed by atoms with Gasteiger partial charge in [-0.3, -0.25) is 9.98 Å². The monoisotopic (exact) mass is 547 g/mol. The van der Waals surface area contributed by atoms with Crippen LogP contribution < -0.4 is 10.2 Å². The van der Waals surface area contributed by atoms with Crippen LogP contribution in [-0.2, 0) is 11.2 Å². The number of nitrogens with one attached hydrogen (secondary N) is 1. The Labute approximate surface area is 200 Å². The number of pyridine rings is 1. The number of guanidine groups is 1. The van der Waals surface area contributed by atoms with Gasteiger partial charge in [0.25, 0.3) is 0 Å². The summed E-state index contributed by atoms with van der Waals surface area (Å²) < 4.78 is 10.9. The summed E-state index contributed by atoms with van der Waals surface area (Å²) in [5, 5.41) is 4.20. The molecule has 1 saturated heterocycles. The minimum Gasteiger partial charge on any atom is -0.469 e. The van der Waals surface area contributed by atoms with Gasteiger partial charge in [0.1, 0.15) is 5.76 Å². The van der Waals surface area contributed by atoms with Gasteiger partial charge in [-0.05, 0) is 31.5 Å². The summed E-state index contributed by atoms with van der Waals surface area (Å²) in [4.78, 5) is 13.5. The summed E-state index contributed by atoms with van der Waals surface area (Å²) in [6.45, 7) is 8.59. The molecule has 2 aromatic heterocycles. The van der Waals surface area contributed by atoms with Crippen LogP contribution in [0.4, 0.5) is 5.69 Å². The van der Waals surface area contributed by atoms with Crippen molar-refractivity contribution in [2.75, 3.05) is 57.4 Å². The summed E-state index contributed by atoms with van der Waals surface area (Å²) in [6, 6.07) is 5.89. The minimum absolute atomic E-state index is 0. The smallest absolute Gasteiger partial charge is 0.194 e. The molecule has 0 aliphatic carbocycles. The van der Waals surface area contributed by atoms with Crippen molar-refractivity contribution in [1.29, 1.82) is 0 Å². The zero-order valence-electron chi connectivity index (χ0n) is 17.4. The lowest BCUT2D eigenvalue weighted by atomic mass is 10.2. The first-order valence-corrected chi connectivity index (χ1v) is 10.6. The SMILES string of the molecule is CCOCCCN=C(NCCc1ccco1)N1CCN(c2ccncc2Cl)CC1.I. The maximum Gasteiger partial charge on any atom is 0.194 e. The summed E-state index contributed by atoms with van der Waals surface area (Å²) in [5.74, 6) is 1.93. The Morgan fingerprint density at radius 2 is 2.13 bits per heavy atom. The molecule has 0 atom stereocenters. The number of aliphatic imine (C=N–C) groups is 1. The van der Waals surface area contributed by atoms with Crippen LogP contribution in [-0.4, -0.2) is 68.3 Å². The van der Waals surface area contributed by atoms with Crippen LogP contribution in [0.5, 0.6) is 0 Å². The molecule has 0 bridgehead atoms. The van der Waals surface area contributed by atoms with E-state index < -0.39 is 0 Å². The van der Waals surface area contributed by atoms with Crippen molar-refractivity contribution in [2.45, 2.75) is 19.8 Å². The number of hydrogen-bond donors (Lipinski definition) is 1. The third kappa shape index (κ3) is 7.63. The van der Waals surface area contributed by atoms with E-state index in [2.05, 4.69) is 20.1 Å². The van der Waals surface area contributed by atoms with Gasteiger partial charge in [0.2, 0.25) is 0 Å². The highest BCUT2D eigenvalue weighted by molar-refractivity contribution is 14.0. The molecule has 1 fully saturated rings. The van der Waals surface area contributed by atoms with Gasteiger partial charge in [0, 0.05) is 71.3 Å². The summed E-state index contributed by atoms with van der Waals surface area (Å²) in [6.07, 6.45) is 6.95. The Bertz CT molecular complexity index is 752. The van der Waals surface area contributed by atoms with Crippen molar-refractivity contribution >= 4 is 47.2 Å². The van der Waals surface area contributed by atoms with Crippen LogP contribution >= 0.6 is 35.6 Å². The quantitative estimate of drug-likeness (QED) is 0.224. The Morgan fingerprint density at radius 3 is 2.83 bits per heavy atom. The lowest BCUT2D eigenvalue weighted by Crippen LogP contribution is -2.53. The summed E-state index contributed by atoms with van der Waals surface area (Å²) in [5.41, 5.74) is 1.04. The predicted molar refractivity (Wildman–Crippen MR) is 132 cm³/mol. The van der Waals surface area contributed by atoms with E-state index in [-0.39, 0.29) is 24.0 Å². The number of anilines is 1. The zero-order valence-corrected chi connectivity index (χ0v) is 20.5. The van der Waals surface area contributed by atoms with Crippen molar-refractivity contribution in [3.63, 3.8) is 0 Å². The molecule has 30 heavy (non-hydrogen) atoms. The topological polar surface area (TPSA) is 66.1 Å². The lowest BCUT2D eigenvalue weighted by Gasteiger charge is -2.38. The van der Waals surface area contributed by atoms with E-state index in [1.807, 2.05) is 25.1 Å². The first-order valence-electron chi connectivity index (χ1n) is 10.3. The van der Waals surface area contributed by atoms with Crippen molar-refractivity contribution in [1.82, 2.24) is 15.2 Å². The van der Waals surface area contributed by atoms with Crippen molar-refractivity contribution in [3.8, 4) is 0 Å². The van der Waals surface area contributed by atoms with Crippen molar-refractivity contribution in [2.24, 2.45) is 4.99 Å². The third-order valence-corrected chi connectivity index (χ3v) is 5.11. The van der Waals surface area contributed by atoms with Gasteiger partial charge in [0.15, 0.2) is 5.96 Å². The molecular weight excluding hydrogens is 517 g/mol. The fourth-order valence-electron chi connectivity index (χ4n) is 3.30. The standard InChI is InChI=1S/C21H30ClN5O2.HI/c1-2-28-15-4-8-24-21(25-10-6-18-5-3-16-29-18)27-13-11-26(12-14-27)20-7-9-23-17-19(20)22;/h3,5,7,9,16-17H,2,4,6,8,10-15H2,1H3,(H,24,25);1H. The molecule has 3 heterocycles.